The van der Waals surface area contributed by atoms with Gasteiger partial charge in [-0.05, 0) is 98.4 Å². The molecule has 4 aromatic rings. The number of aryl methyl sites for hydroxylation is 1. The zero-order chi connectivity index (χ0) is 33.4. The van der Waals surface area contributed by atoms with Crippen molar-refractivity contribution in [1.29, 1.82) is 0 Å². The van der Waals surface area contributed by atoms with Gasteiger partial charge in [0.15, 0.2) is 0 Å². The first-order valence-electron chi connectivity index (χ1n) is 17.4. The van der Waals surface area contributed by atoms with Gasteiger partial charge in [0.2, 0.25) is 0 Å². The van der Waals surface area contributed by atoms with Crippen LogP contribution in [0.1, 0.15) is 135 Å². The van der Waals surface area contributed by atoms with Crippen LogP contribution in [-0.4, -0.2) is 16.7 Å². The van der Waals surface area contributed by atoms with Gasteiger partial charge < -0.3 is 0 Å². The number of hydrogen-bond acceptors (Lipinski definition) is 3. The fourth-order valence-corrected chi connectivity index (χ4v) is 8.46. The molecule has 0 spiro atoms. The van der Waals surface area contributed by atoms with Crippen LogP contribution in [0.4, 0.5) is 17.2 Å². The summed E-state index contributed by atoms with van der Waals surface area (Å²) in [6, 6.07) is 21.7. The number of benzene rings is 3. The zero-order valence-corrected chi connectivity index (χ0v) is 30.5. The number of anilines is 3. The predicted molar refractivity (Wildman–Crippen MR) is 197 cm³/mol. The van der Waals surface area contributed by atoms with Crippen LogP contribution in [0, 0.1) is 6.92 Å². The SMILES string of the molecule is Cc1nc2c3c(n1)C(C)(C)c1ccc(C(C)(C)C)cc1B3c1ccc(C(C)(C)C)cc1N2c1ccc2c(c1)C(C)(C)CCC2(C)C. The molecule has 0 amide bonds. The highest BCUT2D eigenvalue weighted by Gasteiger charge is 2.49. The molecule has 3 aliphatic rings. The Morgan fingerprint density at radius 1 is 0.652 bits per heavy atom. The number of fused-ring (bicyclic) bond motifs is 5. The Labute approximate surface area is 278 Å². The molecular weight excluding hydrogens is 557 g/mol. The van der Waals surface area contributed by atoms with Crippen molar-refractivity contribution in [2.45, 2.75) is 130 Å². The fourth-order valence-electron chi connectivity index (χ4n) is 8.46. The number of rotatable bonds is 1. The van der Waals surface area contributed by atoms with Gasteiger partial charge in [-0.3, -0.25) is 4.90 Å². The molecule has 0 radical (unpaired) electrons. The Morgan fingerprint density at radius 2 is 1.24 bits per heavy atom. The summed E-state index contributed by atoms with van der Waals surface area (Å²) >= 11 is 0. The van der Waals surface area contributed by atoms with E-state index >= 15 is 0 Å². The summed E-state index contributed by atoms with van der Waals surface area (Å²) in [5.74, 6) is 1.87. The van der Waals surface area contributed by atoms with Crippen molar-refractivity contribution in [2.24, 2.45) is 0 Å². The van der Waals surface area contributed by atoms with Crippen LogP contribution in [0.2, 0.25) is 0 Å². The van der Waals surface area contributed by atoms with E-state index < -0.39 is 0 Å². The molecule has 0 saturated heterocycles. The fraction of sp³-hybridized carbons (Fsp3) is 0.476. The van der Waals surface area contributed by atoms with Crippen LogP contribution in [0.25, 0.3) is 0 Å². The first-order chi connectivity index (χ1) is 21.2. The minimum atomic E-state index is -0.254. The molecule has 0 N–H and O–H groups in total. The van der Waals surface area contributed by atoms with Crippen molar-refractivity contribution in [2.75, 3.05) is 4.90 Å². The molecular formula is C42H52BN3. The Balaban J connectivity index is 1.58. The average molecular weight is 610 g/mol. The van der Waals surface area contributed by atoms with Crippen LogP contribution in [0.15, 0.2) is 54.6 Å². The van der Waals surface area contributed by atoms with Gasteiger partial charge in [0, 0.05) is 16.8 Å². The van der Waals surface area contributed by atoms with Crippen molar-refractivity contribution in [3.63, 3.8) is 0 Å². The van der Waals surface area contributed by atoms with Crippen molar-refractivity contribution in [1.82, 2.24) is 9.97 Å². The standard InChI is InChI=1S/C42H52BN3/c1-25-44-36-35-37(45-25)46(28-16-18-29-31(24-28)41(10,11)21-20-40(29,8)9)34-23-27(39(5,6)7)15-19-32(34)43(35)33-22-26(38(2,3)4)14-17-30(33)42(36,12)13/h14-19,22-24H,20-21H2,1-13H3. The van der Waals surface area contributed by atoms with Crippen LogP contribution in [0.5, 0.6) is 0 Å². The zero-order valence-electron chi connectivity index (χ0n) is 30.5. The highest BCUT2D eigenvalue weighted by molar-refractivity contribution is 6.98. The minimum absolute atomic E-state index is 0.0153. The normalized spacial score (nSPS) is 18.8. The van der Waals surface area contributed by atoms with E-state index in [1.54, 1.807) is 0 Å². The Bertz CT molecular complexity index is 1910. The molecule has 0 unspecified atom stereocenters. The number of aromatic nitrogens is 2. The third kappa shape index (κ3) is 4.53. The molecule has 1 aromatic heterocycles. The second-order valence-electron chi connectivity index (χ2n) is 18.3. The van der Waals surface area contributed by atoms with Gasteiger partial charge in [0.1, 0.15) is 11.6 Å². The molecule has 46 heavy (non-hydrogen) atoms. The topological polar surface area (TPSA) is 29.0 Å². The van der Waals surface area contributed by atoms with Crippen molar-refractivity contribution >= 4 is 40.3 Å². The van der Waals surface area contributed by atoms with E-state index in [-0.39, 0.29) is 33.8 Å². The average Bonchev–Trinajstić information content (AvgIpc) is 2.95. The summed E-state index contributed by atoms with van der Waals surface area (Å²) in [5, 5.41) is 0. The smallest absolute Gasteiger partial charge is 0.251 e. The second kappa shape index (κ2) is 9.58. The summed E-state index contributed by atoms with van der Waals surface area (Å²) < 4.78 is 0. The maximum absolute atomic E-state index is 5.36. The monoisotopic (exact) mass is 609 g/mol. The van der Waals surface area contributed by atoms with E-state index in [4.69, 9.17) is 9.97 Å². The highest BCUT2D eigenvalue weighted by Crippen LogP contribution is 2.49. The van der Waals surface area contributed by atoms with Gasteiger partial charge in [-0.1, -0.05) is 125 Å². The van der Waals surface area contributed by atoms with Gasteiger partial charge in [-0.15, -0.1) is 0 Å². The van der Waals surface area contributed by atoms with Gasteiger partial charge >= 0.3 is 0 Å². The summed E-state index contributed by atoms with van der Waals surface area (Å²) in [6.07, 6.45) is 2.39. The van der Waals surface area contributed by atoms with E-state index in [9.17, 15) is 0 Å². The maximum atomic E-state index is 5.36. The predicted octanol–water partition coefficient (Wildman–Crippen LogP) is 8.67. The molecule has 0 fully saturated rings. The van der Waals surface area contributed by atoms with Crippen LogP contribution in [-0.2, 0) is 27.1 Å². The first-order valence-corrected chi connectivity index (χ1v) is 17.4. The molecule has 238 valence electrons. The molecule has 3 nitrogen and oxygen atoms in total. The van der Waals surface area contributed by atoms with Crippen molar-refractivity contribution < 1.29 is 0 Å². The molecule has 0 saturated carbocycles. The molecule has 0 bridgehead atoms. The largest absolute Gasteiger partial charge is 0.296 e. The summed E-state index contributed by atoms with van der Waals surface area (Å²) in [7, 11) is 0. The quantitative estimate of drug-likeness (QED) is 0.178. The van der Waals surface area contributed by atoms with Crippen LogP contribution < -0.4 is 21.3 Å². The van der Waals surface area contributed by atoms with Gasteiger partial charge in [0.05, 0.1) is 5.69 Å². The summed E-state index contributed by atoms with van der Waals surface area (Å²) in [6.45, 7) is 30.4. The lowest BCUT2D eigenvalue weighted by Crippen LogP contribution is -2.65. The van der Waals surface area contributed by atoms with E-state index in [2.05, 4.69) is 150 Å². The first kappa shape index (κ1) is 31.2. The minimum Gasteiger partial charge on any atom is -0.296 e. The second-order valence-corrected chi connectivity index (χ2v) is 18.3. The Morgan fingerprint density at radius 3 is 1.89 bits per heavy atom. The Hall–Kier alpha value is -3.40. The van der Waals surface area contributed by atoms with Crippen LogP contribution >= 0.6 is 0 Å². The number of hydrogen-bond donors (Lipinski definition) is 0. The molecule has 4 heteroatoms. The molecule has 0 atom stereocenters. The number of nitrogens with zero attached hydrogens (tertiary/aromatic N) is 3. The van der Waals surface area contributed by atoms with Crippen molar-refractivity contribution in [3.8, 4) is 0 Å². The molecule has 1 aliphatic carbocycles. The van der Waals surface area contributed by atoms with E-state index in [0.717, 1.165) is 17.3 Å². The molecule has 3 aromatic carbocycles. The molecule has 2 aliphatic heterocycles. The van der Waals surface area contributed by atoms with Crippen LogP contribution in [0.3, 0.4) is 0 Å². The van der Waals surface area contributed by atoms with E-state index in [0.29, 0.717) is 0 Å². The lowest BCUT2D eigenvalue weighted by atomic mass is 9.30. The van der Waals surface area contributed by atoms with E-state index in [1.807, 2.05) is 0 Å². The van der Waals surface area contributed by atoms with Gasteiger partial charge in [0.25, 0.3) is 6.71 Å². The maximum Gasteiger partial charge on any atom is 0.251 e. The lowest BCUT2D eigenvalue weighted by molar-refractivity contribution is 0.332. The molecule has 7 rings (SSSR count). The summed E-state index contributed by atoms with van der Waals surface area (Å²) in [5.41, 5.74) is 14.7. The molecule has 3 heterocycles. The Kier molecular flexibility index (Phi) is 6.50. The van der Waals surface area contributed by atoms with Gasteiger partial charge in [-0.25, -0.2) is 9.97 Å². The summed E-state index contributed by atoms with van der Waals surface area (Å²) in [4.78, 5) is 13.1. The van der Waals surface area contributed by atoms with Gasteiger partial charge in [-0.2, -0.15) is 0 Å². The van der Waals surface area contributed by atoms with E-state index in [1.165, 1.54) is 68.4 Å². The third-order valence-corrected chi connectivity index (χ3v) is 11.6. The third-order valence-electron chi connectivity index (χ3n) is 11.6. The highest BCUT2D eigenvalue weighted by atomic mass is 15.2. The lowest BCUT2D eigenvalue weighted by Gasteiger charge is -2.45. The van der Waals surface area contributed by atoms with Crippen molar-refractivity contribution in [3.05, 3.63) is 93.9 Å².